The Kier molecular flexibility index (Phi) is 5.62. The van der Waals surface area contributed by atoms with E-state index in [2.05, 4.69) is 33.1 Å². The number of rotatable bonds is 6. The largest absolute Gasteiger partial charge is 0.377 e. The number of ether oxygens (including phenoxy) is 1. The quantitative estimate of drug-likeness (QED) is 0.732. The van der Waals surface area contributed by atoms with Gasteiger partial charge in [-0.2, -0.15) is 0 Å². The summed E-state index contributed by atoms with van der Waals surface area (Å²) in [6, 6.07) is 0.549. The molecule has 0 aromatic rings. The van der Waals surface area contributed by atoms with Crippen molar-refractivity contribution in [2.75, 3.05) is 13.7 Å². The van der Waals surface area contributed by atoms with Crippen molar-refractivity contribution in [1.29, 1.82) is 0 Å². The molecule has 0 bridgehead atoms. The summed E-state index contributed by atoms with van der Waals surface area (Å²) in [5.41, 5.74) is 0. The summed E-state index contributed by atoms with van der Waals surface area (Å²) in [5.74, 6) is 1.43. The van der Waals surface area contributed by atoms with Gasteiger partial charge in [0.25, 0.3) is 0 Å². The SMILES string of the molecule is CCOC(C(C)C)C(NC)C1CCCC1. The van der Waals surface area contributed by atoms with Gasteiger partial charge < -0.3 is 10.1 Å². The van der Waals surface area contributed by atoms with Crippen LogP contribution >= 0.6 is 0 Å². The van der Waals surface area contributed by atoms with Crippen LogP contribution in [0.4, 0.5) is 0 Å². The van der Waals surface area contributed by atoms with Crippen LogP contribution in [0.5, 0.6) is 0 Å². The van der Waals surface area contributed by atoms with Crippen molar-refractivity contribution in [3.63, 3.8) is 0 Å². The number of hydrogen-bond donors (Lipinski definition) is 1. The molecule has 2 nitrogen and oxygen atoms in total. The fourth-order valence-electron chi connectivity index (χ4n) is 2.89. The molecule has 0 amide bonds. The Hall–Kier alpha value is -0.0800. The van der Waals surface area contributed by atoms with Crippen LogP contribution in [0.1, 0.15) is 46.5 Å². The molecule has 1 aliphatic carbocycles. The van der Waals surface area contributed by atoms with Gasteiger partial charge in [0, 0.05) is 12.6 Å². The highest BCUT2D eigenvalue weighted by molar-refractivity contribution is 4.87. The van der Waals surface area contributed by atoms with E-state index < -0.39 is 0 Å². The highest BCUT2D eigenvalue weighted by Crippen LogP contribution is 2.31. The zero-order valence-corrected chi connectivity index (χ0v) is 10.8. The topological polar surface area (TPSA) is 21.3 Å². The summed E-state index contributed by atoms with van der Waals surface area (Å²) in [7, 11) is 2.08. The molecule has 0 aromatic carbocycles. The first-order valence-corrected chi connectivity index (χ1v) is 6.49. The summed E-state index contributed by atoms with van der Waals surface area (Å²) in [6.07, 6.45) is 5.94. The van der Waals surface area contributed by atoms with Crippen LogP contribution in [0.2, 0.25) is 0 Å². The maximum absolute atomic E-state index is 5.91. The molecule has 1 aliphatic rings. The first-order chi connectivity index (χ1) is 7.20. The predicted octanol–water partition coefficient (Wildman–Crippen LogP) is 2.83. The Labute approximate surface area is 94.8 Å². The maximum Gasteiger partial charge on any atom is 0.0753 e. The third kappa shape index (κ3) is 3.46. The van der Waals surface area contributed by atoms with Crippen LogP contribution in [0.15, 0.2) is 0 Å². The summed E-state index contributed by atoms with van der Waals surface area (Å²) in [6.45, 7) is 7.45. The van der Waals surface area contributed by atoms with E-state index in [0.29, 0.717) is 18.1 Å². The minimum Gasteiger partial charge on any atom is -0.377 e. The van der Waals surface area contributed by atoms with E-state index in [1.165, 1.54) is 25.7 Å². The fourth-order valence-corrected chi connectivity index (χ4v) is 2.89. The van der Waals surface area contributed by atoms with Gasteiger partial charge in [-0.1, -0.05) is 26.7 Å². The van der Waals surface area contributed by atoms with Crippen LogP contribution < -0.4 is 5.32 Å². The molecule has 0 radical (unpaired) electrons. The van der Waals surface area contributed by atoms with E-state index in [1.807, 2.05) is 0 Å². The second-order valence-corrected chi connectivity index (χ2v) is 5.02. The van der Waals surface area contributed by atoms with Crippen molar-refractivity contribution < 1.29 is 4.74 Å². The molecule has 1 rings (SSSR count). The van der Waals surface area contributed by atoms with E-state index in [-0.39, 0.29) is 0 Å². The van der Waals surface area contributed by atoms with Crippen molar-refractivity contribution >= 4 is 0 Å². The summed E-state index contributed by atoms with van der Waals surface area (Å²) >= 11 is 0. The molecule has 2 heteroatoms. The Balaban J connectivity index is 2.59. The van der Waals surface area contributed by atoms with Crippen LogP contribution in [0, 0.1) is 11.8 Å². The van der Waals surface area contributed by atoms with E-state index in [0.717, 1.165) is 12.5 Å². The van der Waals surface area contributed by atoms with Gasteiger partial charge in [-0.3, -0.25) is 0 Å². The van der Waals surface area contributed by atoms with Gasteiger partial charge in [-0.05, 0) is 38.6 Å². The van der Waals surface area contributed by atoms with Crippen molar-refractivity contribution in [2.45, 2.75) is 58.6 Å². The lowest BCUT2D eigenvalue weighted by Gasteiger charge is -2.33. The summed E-state index contributed by atoms with van der Waals surface area (Å²) < 4.78 is 5.91. The van der Waals surface area contributed by atoms with Gasteiger partial charge in [0.05, 0.1) is 6.10 Å². The molecule has 90 valence electrons. The molecule has 2 unspecified atom stereocenters. The Bertz CT molecular complexity index is 164. The number of nitrogens with one attached hydrogen (secondary N) is 1. The van der Waals surface area contributed by atoms with Gasteiger partial charge in [0.15, 0.2) is 0 Å². The van der Waals surface area contributed by atoms with E-state index in [4.69, 9.17) is 4.74 Å². The number of hydrogen-bond acceptors (Lipinski definition) is 2. The van der Waals surface area contributed by atoms with E-state index in [1.54, 1.807) is 0 Å². The fraction of sp³-hybridized carbons (Fsp3) is 1.00. The lowest BCUT2D eigenvalue weighted by atomic mass is 9.88. The molecule has 0 aliphatic heterocycles. The van der Waals surface area contributed by atoms with Gasteiger partial charge in [0.2, 0.25) is 0 Å². The average Bonchev–Trinajstić information content (AvgIpc) is 2.71. The highest BCUT2D eigenvalue weighted by Gasteiger charge is 2.32. The highest BCUT2D eigenvalue weighted by atomic mass is 16.5. The molecule has 0 aromatic heterocycles. The molecule has 15 heavy (non-hydrogen) atoms. The smallest absolute Gasteiger partial charge is 0.0753 e. The van der Waals surface area contributed by atoms with Crippen LogP contribution in [-0.2, 0) is 4.74 Å². The molecule has 1 N–H and O–H groups in total. The molecule has 1 saturated carbocycles. The lowest BCUT2D eigenvalue weighted by Crippen LogP contribution is -2.47. The van der Waals surface area contributed by atoms with Crippen molar-refractivity contribution in [2.24, 2.45) is 11.8 Å². The molecule has 2 atom stereocenters. The Morgan fingerprint density at radius 2 is 1.87 bits per heavy atom. The van der Waals surface area contributed by atoms with E-state index >= 15 is 0 Å². The van der Waals surface area contributed by atoms with Crippen molar-refractivity contribution in [1.82, 2.24) is 5.32 Å². The minimum absolute atomic E-state index is 0.378. The van der Waals surface area contributed by atoms with Gasteiger partial charge in [0.1, 0.15) is 0 Å². The molecule has 0 spiro atoms. The Morgan fingerprint density at radius 3 is 2.27 bits per heavy atom. The Morgan fingerprint density at radius 1 is 1.27 bits per heavy atom. The summed E-state index contributed by atoms with van der Waals surface area (Å²) in [4.78, 5) is 0. The van der Waals surface area contributed by atoms with Crippen LogP contribution in [-0.4, -0.2) is 25.8 Å². The minimum atomic E-state index is 0.378. The standard InChI is InChI=1S/C13H27NO/c1-5-15-13(10(2)3)12(14-4)11-8-6-7-9-11/h10-14H,5-9H2,1-4H3. The molecule has 1 fully saturated rings. The van der Waals surface area contributed by atoms with Gasteiger partial charge >= 0.3 is 0 Å². The predicted molar refractivity (Wildman–Crippen MR) is 65.1 cm³/mol. The monoisotopic (exact) mass is 213 g/mol. The third-order valence-corrected chi connectivity index (χ3v) is 3.61. The second kappa shape index (κ2) is 6.49. The first-order valence-electron chi connectivity index (χ1n) is 6.49. The maximum atomic E-state index is 5.91. The molecular formula is C13H27NO. The average molecular weight is 213 g/mol. The van der Waals surface area contributed by atoms with Gasteiger partial charge in [-0.25, -0.2) is 0 Å². The molecular weight excluding hydrogens is 186 g/mol. The van der Waals surface area contributed by atoms with Crippen molar-refractivity contribution in [3.05, 3.63) is 0 Å². The van der Waals surface area contributed by atoms with Crippen LogP contribution in [0.3, 0.4) is 0 Å². The number of likely N-dealkylation sites (N-methyl/N-ethyl adjacent to an activating group) is 1. The third-order valence-electron chi connectivity index (χ3n) is 3.61. The lowest BCUT2D eigenvalue weighted by molar-refractivity contribution is -0.00923. The zero-order valence-electron chi connectivity index (χ0n) is 10.8. The zero-order chi connectivity index (χ0) is 11.3. The van der Waals surface area contributed by atoms with E-state index in [9.17, 15) is 0 Å². The normalized spacial score (nSPS) is 22.2. The molecule has 0 saturated heterocycles. The molecule has 0 heterocycles. The summed E-state index contributed by atoms with van der Waals surface area (Å²) in [5, 5.41) is 3.49. The van der Waals surface area contributed by atoms with Crippen LogP contribution in [0.25, 0.3) is 0 Å². The first kappa shape index (κ1) is 13.0. The second-order valence-electron chi connectivity index (χ2n) is 5.02. The van der Waals surface area contributed by atoms with Gasteiger partial charge in [-0.15, -0.1) is 0 Å². The van der Waals surface area contributed by atoms with Crippen molar-refractivity contribution in [3.8, 4) is 0 Å².